The van der Waals surface area contributed by atoms with Crippen LogP contribution in [0, 0.1) is 18.8 Å². The van der Waals surface area contributed by atoms with Gasteiger partial charge in [0.15, 0.2) is 11.7 Å². The molecule has 1 N–H and O–H groups in total. The number of hydrogen-bond donors (Lipinski definition) is 1. The Morgan fingerprint density at radius 1 is 1.23 bits per heavy atom. The van der Waals surface area contributed by atoms with Crippen LogP contribution in [0.4, 0.5) is 0 Å². The van der Waals surface area contributed by atoms with E-state index in [0.717, 1.165) is 12.8 Å². The van der Waals surface area contributed by atoms with E-state index in [9.17, 15) is 9.90 Å². The molecule has 1 atom stereocenters. The molecule has 1 aromatic heterocycles. The number of aromatic nitrogens is 1. The summed E-state index contributed by atoms with van der Waals surface area (Å²) < 4.78 is 1.67. The quantitative estimate of drug-likeness (QED) is 0.674. The van der Waals surface area contributed by atoms with Gasteiger partial charge < -0.3 is 9.67 Å². The number of para-hydroxylation sites is 1. The van der Waals surface area contributed by atoms with Gasteiger partial charge in [-0.2, -0.15) is 0 Å². The zero-order chi connectivity index (χ0) is 15.9. The summed E-state index contributed by atoms with van der Waals surface area (Å²) in [6.45, 7) is 3.94. The smallest absolute Gasteiger partial charge is 0.195 e. The third-order valence-electron chi connectivity index (χ3n) is 3.77. The van der Waals surface area contributed by atoms with E-state index in [-0.39, 0.29) is 5.43 Å². The molecule has 3 heteroatoms. The Balaban J connectivity index is 2.22. The Morgan fingerprint density at radius 2 is 2.00 bits per heavy atom. The van der Waals surface area contributed by atoms with Crippen molar-refractivity contribution in [2.45, 2.75) is 52.2 Å². The summed E-state index contributed by atoms with van der Waals surface area (Å²) in [5.74, 6) is 5.92. The molecular formula is C19H23NO2. The van der Waals surface area contributed by atoms with Crippen molar-refractivity contribution < 1.29 is 5.11 Å². The van der Waals surface area contributed by atoms with E-state index in [1.165, 1.54) is 19.3 Å². The molecule has 0 saturated heterocycles. The summed E-state index contributed by atoms with van der Waals surface area (Å²) in [5.41, 5.74) is 1.33. The number of nitrogens with zero attached hydrogens (tertiary/aromatic N) is 1. The molecule has 2 rings (SSSR count). The second kappa shape index (κ2) is 7.82. The number of benzene rings is 1. The van der Waals surface area contributed by atoms with Crippen molar-refractivity contribution in [1.82, 2.24) is 4.57 Å². The fourth-order valence-electron chi connectivity index (χ4n) is 2.52. The lowest BCUT2D eigenvalue weighted by atomic mass is 10.1. The van der Waals surface area contributed by atoms with Crippen molar-refractivity contribution in [2.24, 2.45) is 0 Å². The van der Waals surface area contributed by atoms with Gasteiger partial charge in [0.1, 0.15) is 0 Å². The molecule has 22 heavy (non-hydrogen) atoms. The Kier molecular flexibility index (Phi) is 5.80. The summed E-state index contributed by atoms with van der Waals surface area (Å²) >= 11 is 0. The number of pyridine rings is 1. The number of aryl methyl sites for hydroxylation is 1. The van der Waals surface area contributed by atoms with Crippen LogP contribution in [0.3, 0.4) is 0 Å². The Bertz CT molecular complexity index is 749. The molecule has 0 aliphatic carbocycles. The second-order valence-corrected chi connectivity index (χ2v) is 5.57. The van der Waals surface area contributed by atoms with E-state index in [4.69, 9.17) is 0 Å². The highest BCUT2D eigenvalue weighted by Crippen LogP contribution is 2.15. The van der Waals surface area contributed by atoms with Gasteiger partial charge in [0, 0.05) is 23.6 Å². The van der Waals surface area contributed by atoms with Crippen LogP contribution in [0.1, 0.15) is 50.8 Å². The predicted octanol–water partition coefficient (Wildman–Crippen LogP) is 3.77. The van der Waals surface area contributed by atoms with Gasteiger partial charge >= 0.3 is 0 Å². The first-order valence-electron chi connectivity index (χ1n) is 7.92. The largest absolute Gasteiger partial charge is 0.363 e. The van der Waals surface area contributed by atoms with E-state index in [0.29, 0.717) is 16.5 Å². The molecule has 0 aliphatic rings. The fourth-order valence-corrected chi connectivity index (χ4v) is 2.52. The van der Waals surface area contributed by atoms with Crippen LogP contribution < -0.4 is 5.43 Å². The molecule has 3 nitrogen and oxygen atoms in total. The lowest BCUT2D eigenvalue weighted by molar-refractivity contribution is 0.168. The summed E-state index contributed by atoms with van der Waals surface area (Å²) in [6.07, 6.45) is 6.25. The molecule has 0 radical (unpaired) electrons. The molecule has 0 aliphatic heterocycles. The first kappa shape index (κ1) is 16.3. The van der Waals surface area contributed by atoms with Crippen LogP contribution in [0.25, 0.3) is 10.9 Å². The Labute approximate surface area is 131 Å². The van der Waals surface area contributed by atoms with Gasteiger partial charge in [0.2, 0.25) is 0 Å². The van der Waals surface area contributed by atoms with Gasteiger partial charge in [-0.1, -0.05) is 44.2 Å². The first-order chi connectivity index (χ1) is 10.6. The van der Waals surface area contributed by atoms with E-state index in [2.05, 4.69) is 18.8 Å². The minimum Gasteiger partial charge on any atom is -0.363 e. The van der Waals surface area contributed by atoms with E-state index < -0.39 is 6.23 Å². The Hall–Kier alpha value is -2.05. The molecule has 0 bridgehead atoms. The van der Waals surface area contributed by atoms with E-state index >= 15 is 0 Å². The van der Waals surface area contributed by atoms with Gasteiger partial charge in [0.25, 0.3) is 0 Å². The number of rotatable bonds is 5. The molecule has 0 amide bonds. The minimum atomic E-state index is -0.921. The standard InChI is InChI=1S/C19H23NO2/c1-3-4-5-6-7-8-13-18(21)20-14-15(2)19(22)16-11-9-10-12-17(16)20/h9-12,14,18,21H,3-7H2,1-2H3. The van der Waals surface area contributed by atoms with Crippen molar-refractivity contribution in [2.75, 3.05) is 0 Å². The first-order valence-corrected chi connectivity index (χ1v) is 7.92. The fraction of sp³-hybridized carbons (Fsp3) is 0.421. The van der Waals surface area contributed by atoms with Gasteiger partial charge in [-0.25, -0.2) is 0 Å². The van der Waals surface area contributed by atoms with Gasteiger partial charge in [-0.3, -0.25) is 4.79 Å². The molecular weight excluding hydrogens is 274 g/mol. The van der Waals surface area contributed by atoms with E-state index in [1.807, 2.05) is 18.2 Å². The highest BCUT2D eigenvalue weighted by atomic mass is 16.3. The third-order valence-corrected chi connectivity index (χ3v) is 3.77. The molecule has 0 saturated carbocycles. The lowest BCUT2D eigenvalue weighted by Crippen LogP contribution is -2.15. The highest BCUT2D eigenvalue weighted by Gasteiger charge is 2.09. The van der Waals surface area contributed by atoms with Crippen LogP contribution in [-0.2, 0) is 0 Å². The van der Waals surface area contributed by atoms with Crippen molar-refractivity contribution >= 4 is 10.9 Å². The highest BCUT2D eigenvalue weighted by molar-refractivity contribution is 5.79. The van der Waals surface area contributed by atoms with Crippen LogP contribution in [0.2, 0.25) is 0 Å². The molecule has 1 unspecified atom stereocenters. The minimum absolute atomic E-state index is 0.00609. The molecule has 1 aromatic carbocycles. The van der Waals surface area contributed by atoms with Crippen LogP contribution in [0.15, 0.2) is 35.3 Å². The summed E-state index contributed by atoms with van der Waals surface area (Å²) in [5, 5.41) is 10.9. The second-order valence-electron chi connectivity index (χ2n) is 5.57. The van der Waals surface area contributed by atoms with Crippen LogP contribution in [-0.4, -0.2) is 9.67 Å². The summed E-state index contributed by atoms with van der Waals surface area (Å²) in [6, 6.07) is 7.31. The van der Waals surface area contributed by atoms with Gasteiger partial charge in [-0.05, 0) is 31.4 Å². The zero-order valence-electron chi connectivity index (χ0n) is 13.3. The average molecular weight is 297 g/mol. The van der Waals surface area contributed by atoms with Crippen LogP contribution >= 0.6 is 0 Å². The monoisotopic (exact) mass is 297 g/mol. The van der Waals surface area contributed by atoms with Crippen molar-refractivity contribution in [3.63, 3.8) is 0 Å². The third kappa shape index (κ3) is 3.78. The number of aliphatic hydroxyl groups excluding tert-OH is 1. The maximum Gasteiger partial charge on any atom is 0.195 e. The van der Waals surface area contributed by atoms with Crippen molar-refractivity contribution in [3.8, 4) is 11.8 Å². The maximum absolute atomic E-state index is 12.1. The maximum atomic E-state index is 12.1. The Morgan fingerprint density at radius 3 is 2.77 bits per heavy atom. The van der Waals surface area contributed by atoms with Crippen molar-refractivity contribution in [1.29, 1.82) is 0 Å². The average Bonchev–Trinajstić information content (AvgIpc) is 2.54. The lowest BCUT2D eigenvalue weighted by Gasteiger charge is -2.14. The SMILES string of the molecule is CCCCCCC#CC(O)n1cc(C)c(=O)c2ccccc21. The molecule has 0 fully saturated rings. The molecule has 1 heterocycles. The normalized spacial score (nSPS) is 12.0. The van der Waals surface area contributed by atoms with E-state index in [1.54, 1.807) is 23.8 Å². The van der Waals surface area contributed by atoms with Gasteiger partial charge in [-0.15, -0.1) is 0 Å². The topological polar surface area (TPSA) is 42.2 Å². The zero-order valence-corrected chi connectivity index (χ0v) is 13.3. The number of hydrogen-bond acceptors (Lipinski definition) is 2. The molecule has 2 aromatic rings. The molecule has 116 valence electrons. The molecule has 0 spiro atoms. The van der Waals surface area contributed by atoms with Gasteiger partial charge in [0.05, 0.1) is 5.52 Å². The number of fused-ring (bicyclic) bond motifs is 1. The van der Waals surface area contributed by atoms with Crippen molar-refractivity contribution in [3.05, 3.63) is 46.2 Å². The number of unbranched alkanes of at least 4 members (excludes halogenated alkanes) is 4. The summed E-state index contributed by atoms with van der Waals surface area (Å²) in [7, 11) is 0. The number of aliphatic hydroxyl groups is 1. The predicted molar refractivity (Wildman–Crippen MR) is 90.7 cm³/mol. The van der Waals surface area contributed by atoms with Crippen LogP contribution in [0.5, 0.6) is 0 Å². The summed E-state index contributed by atoms with van der Waals surface area (Å²) in [4.78, 5) is 12.1.